The molecule has 2 atom stereocenters. The number of hydrogen-bond donors (Lipinski definition) is 1. The van der Waals surface area contributed by atoms with E-state index in [9.17, 15) is 9.59 Å². The van der Waals surface area contributed by atoms with Crippen molar-refractivity contribution in [3.8, 4) is 0 Å². The molecule has 1 aromatic heterocycles. The third-order valence-corrected chi connectivity index (χ3v) is 6.87. The first kappa shape index (κ1) is 24.5. The van der Waals surface area contributed by atoms with Crippen LogP contribution in [0.1, 0.15) is 73.3 Å². The van der Waals surface area contributed by atoms with E-state index < -0.39 is 5.92 Å². The van der Waals surface area contributed by atoms with Crippen LogP contribution < -0.4 is 5.32 Å². The monoisotopic (exact) mass is 455 g/mol. The topological polar surface area (TPSA) is 52.7 Å². The van der Waals surface area contributed by atoms with Crippen LogP contribution in [0.2, 0.25) is 0 Å². The highest BCUT2D eigenvalue weighted by Gasteiger charge is 2.44. The van der Waals surface area contributed by atoms with Crippen molar-refractivity contribution in [1.29, 1.82) is 0 Å². The summed E-state index contributed by atoms with van der Waals surface area (Å²) in [4.78, 5) is 32.5. The van der Waals surface area contributed by atoms with Crippen LogP contribution in [0.15, 0.2) is 41.8 Å². The molecule has 0 saturated heterocycles. The van der Waals surface area contributed by atoms with Gasteiger partial charge in [0.05, 0.1) is 12.0 Å². The maximum atomic E-state index is 13.6. The minimum atomic E-state index is -0.410. The van der Waals surface area contributed by atoms with Gasteiger partial charge in [-0.15, -0.1) is 11.3 Å². The van der Waals surface area contributed by atoms with Crippen LogP contribution in [-0.4, -0.2) is 54.3 Å². The second kappa shape index (κ2) is 11.6. The normalized spacial score (nSPS) is 18.3. The van der Waals surface area contributed by atoms with Crippen molar-refractivity contribution in [3.63, 3.8) is 0 Å². The van der Waals surface area contributed by atoms with Gasteiger partial charge in [0.2, 0.25) is 5.91 Å². The molecule has 0 spiro atoms. The Bertz CT molecular complexity index is 875. The molecule has 2 heterocycles. The number of benzene rings is 1. The second-order valence-electron chi connectivity index (χ2n) is 9.01. The minimum Gasteiger partial charge on any atom is -0.354 e. The van der Waals surface area contributed by atoms with E-state index in [0.717, 1.165) is 42.9 Å². The number of nitrogens with one attached hydrogen (secondary N) is 1. The summed E-state index contributed by atoms with van der Waals surface area (Å²) in [7, 11) is 0. The molecule has 0 fully saturated rings. The van der Waals surface area contributed by atoms with Crippen molar-refractivity contribution in [1.82, 2.24) is 15.1 Å². The van der Waals surface area contributed by atoms with Gasteiger partial charge in [-0.2, -0.15) is 0 Å². The van der Waals surface area contributed by atoms with Gasteiger partial charge < -0.3 is 15.1 Å². The number of thiophene rings is 1. The summed E-state index contributed by atoms with van der Waals surface area (Å²) in [6, 6.07) is 11.4. The van der Waals surface area contributed by atoms with Gasteiger partial charge in [-0.3, -0.25) is 9.59 Å². The number of amides is 2. The molecule has 0 radical (unpaired) electrons. The van der Waals surface area contributed by atoms with E-state index in [2.05, 4.69) is 37.9 Å². The van der Waals surface area contributed by atoms with Crippen LogP contribution in [-0.2, 0) is 4.79 Å². The summed E-state index contributed by atoms with van der Waals surface area (Å²) in [5, 5.41) is 5.23. The van der Waals surface area contributed by atoms with Crippen LogP contribution in [0.5, 0.6) is 0 Å². The lowest BCUT2D eigenvalue weighted by molar-refractivity contribution is -0.124. The van der Waals surface area contributed by atoms with Crippen molar-refractivity contribution in [3.05, 3.63) is 57.8 Å². The van der Waals surface area contributed by atoms with Gasteiger partial charge in [0.25, 0.3) is 5.91 Å². The lowest BCUT2D eigenvalue weighted by atomic mass is 9.81. The van der Waals surface area contributed by atoms with Crippen LogP contribution in [0.25, 0.3) is 0 Å². The van der Waals surface area contributed by atoms with Gasteiger partial charge >= 0.3 is 0 Å². The van der Waals surface area contributed by atoms with E-state index in [4.69, 9.17) is 0 Å². The average molecular weight is 456 g/mol. The first-order chi connectivity index (χ1) is 15.5. The van der Waals surface area contributed by atoms with Crippen molar-refractivity contribution in [2.45, 2.75) is 52.5 Å². The fourth-order valence-electron chi connectivity index (χ4n) is 4.66. The van der Waals surface area contributed by atoms with Crippen molar-refractivity contribution < 1.29 is 9.59 Å². The molecule has 32 heavy (non-hydrogen) atoms. The van der Waals surface area contributed by atoms with Crippen LogP contribution in [0.4, 0.5) is 0 Å². The molecule has 3 rings (SSSR count). The Hall–Kier alpha value is -2.18. The zero-order valence-corrected chi connectivity index (χ0v) is 20.7. The Morgan fingerprint density at radius 1 is 1.09 bits per heavy atom. The van der Waals surface area contributed by atoms with Gasteiger partial charge in [0, 0.05) is 30.1 Å². The van der Waals surface area contributed by atoms with Crippen LogP contribution in [0, 0.1) is 5.92 Å². The number of carbonyl (C=O) groups excluding carboxylic acids is 2. The molecule has 5 nitrogen and oxygen atoms in total. The smallest absolute Gasteiger partial charge is 0.254 e. The molecule has 6 heteroatoms. The van der Waals surface area contributed by atoms with Gasteiger partial charge in [0.1, 0.15) is 0 Å². The van der Waals surface area contributed by atoms with Gasteiger partial charge in [0.15, 0.2) is 0 Å². The fraction of sp³-hybridized carbons (Fsp3) is 0.538. The third-order valence-electron chi connectivity index (χ3n) is 5.92. The van der Waals surface area contributed by atoms with Gasteiger partial charge in [-0.1, -0.05) is 52.0 Å². The number of nitrogens with zero attached hydrogens (tertiary/aromatic N) is 2. The Balaban J connectivity index is 1.90. The van der Waals surface area contributed by atoms with E-state index in [0.29, 0.717) is 24.6 Å². The number of hydrogen-bond acceptors (Lipinski definition) is 4. The highest BCUT2D eigenvalue weighted by atomic mass is 32.1. The molecule has 174 valence electrons. The molecular weight excluding hydrogens is 418 g/mol. The summed E-state index contributed by atoms with van der Waals surface area (Å²) in [5.74, 6) is -0.0713. The van der Waals surface area contributed by atoms with Gasteiger partial charge in [-0.05, 0) is 54.9 Å². The summed E-state index contributed by atoms with van der Waals surface area (Å²) in [6.45, 7) is 12.8. The lowest BCUT2D eigenvalue weighted by Crippen LogP contribution is -2.49. The zero-order valence-electron chi connectivity index (χ0n) is 19.8. The average Bonchev–Trinajstić information content (AvgIpc) is 3.30. The molecule has 1 aliphatic rings. The second-order valence-corrected chi connectivity index (χ2v) is 9.99. The predicted molar refractivity (Wildman–Crippen MR) is 132 cm³/mol. The first-order valence-corrected chi connectivity index (χ1v) is 12.8. The zero-order chi connectivity index (χ0) is 23.1. The fourth-order valence-corrected chi connectivity index (χ4v) is 5.54. The SMILES string of the molecule is CCCN(CCC)CCNC(=O)[C@H]1c2ccccc2C(=O)N(CC(C)C)[C@H]1c1cccs1. The highest BCUT2D eigenvalue weighted by Crippen LogP contribution is 2.44. The summed E-state index contributed by atoms with van der Waals surface area (Å²) in [5.41, 5.74) is 1.49. The Kier molecular flexibility index (Phi) is 8.88. The third kappa shape index (κ3) is 5.59. The van der Waals surface area contributed by atoms with Crippen LogP contribution in [0.3, 0.4) is 0 Å². The standard InChI is InChI=1S/C26H37N3O2S/c1-5-14-28(15-6-2)16-13-27-25(30)23-20-10-7-8-11-21(20)26(31)29(18-19(3)4)24(23)22-12-9-17-32-22/h7-12,17,19,23-24H,5-6,13-16,18H2,1-4H3,(H,27,30)/t23-,24-/m0/s1. The van der Waals surface area contributed by atoms with Crippen LogP contribution >= 0.6 is 11.3 Å². The Morgan fingerprint density at radius 2 is 1.81 bits per heavy atom. The molecular formula is C26H37N3O2S. The largest absolute Gasteiger partial charge is 0.354 e. The number of rotatable bonds is 11. The van der Waals surface area contributed by atoms with E-state index in [1.54, 1.807) is 11.3 Å². The minimum absolute atomic E-state index is 0.00468. The number of fused-ring (bicyclic) bond motifs is 1. The van der Waals surface area contributed by atoms with E-state index in [1.807, 2.05) is 46.7 Å². The molecule has 0 unspecified atom stereocenters. The summed E-state index contributed by atoms with van der Waals surface area (Å²) < 4.78 is 0. The molecule has 2 amide bonds. The Labute approximate surface area is 196 Å². The Morgan fingerprint density at radius 3 is 2.44 bits per heavy atom. The quantitative estimate of drug-likeness (QED) is 0.523. The summed E-state index contributed by atoms with van der Waals surface area (Å²) >= 11 is 1.62. The van der Waals surface area contributed by atoms with Crippen molar-refractivity contribution in [2.75, 3.05) is 32.7 Å². The first-order valence-electron chi connectivity index (χ1n) is 11.9. The molecule has 1 aliphatic heterocycles. The van der Waals surface area contributed by atoms with Gasteiger partial charge in [-0.25, -0.2) is 0 Å². The molecule has 1 aromatic carbocycles. The molecule has 0 saturated carbocycles. The maximum Gasteiger partial charge on any atom is 0.254 e. The highest BCUT2D eigenvalue weighted by molar-refractivity contribution is 7.10. The molecule has 1 N–H and O–H groups in total. The predicted octanol–water partition coefficient (Wildman–Crippen LogP) is 4.92. The lowest BCUT2D eigenvalue weighted by Gasteiger charge is -2.42. The summed E-state index contributed by atoms with van der Waals surface area (Å²) in [6.07, 6.45) is 2.22. The van der Waals surface area contributed by atoms with Crippen molar-refractivity contribution in [2.24, 2.45) is 5.92 Å². The van der Waals surface area contributed by atoms with E-state index >= 15 is 0 Å². The van der Waals surface area contributed by atoms with Crippen molar-refractivity contribution >= 4 is 23.2 Å². The molecule has 0 aliphatic carbocycles. The maximum absolute atomic E-state index is 13.6. The number of carbonyl (C=O) groups is 2. The molecule has 2 aromatic rings. The van der Waals surface area contributed by atoms with E-state index in [-0.39, 0.29) is 17.9 Å². The molecule has 0 bridgehead atoms. The van der Waals surface area contributed by atoms with E-state index in [1.165, 1.54) is 0 Å².